The summed E-state index contributed by atoms with van der Waals surface area (Å²) in [6, 6.07) is 13.5. The molecular weight excluding hydrogens is 354 g/mol. The first kappa shape index (κ1) is 16.6. The van der Waals surface area contributed by atoms with E-state index in [1.54, 1.807) is 18.3 Å². The average molecular weight is 370 g/mol. The van der Waals surface area contributed by atoms with Gasteiger partial charge in [-0.1, -0.05) is 33.6 Å². The van der Waals surface area contributed by atoms with Gasteiger partial charge in [0.25, 0.3) is 0 Å². The number of pyridine rings is 2. The number of nitrogens with one attached hydrogen (secondary N) is 1. The van der Waals surface area contributed by atoms with Crippen LogP contribution in [-0.4, -0.2) is 33.4 Å². The van der Waals surface area contributed by atoms with Gasteiger partial charge in [0.05, 0.1) is 11.9 Å². The molecule has 0 radical (unpaired) electrons. The Bertz CT molecular complexity index is 1160. The second kappa shape index (κ2) is 6.12. The summed E-state index contributed by atoms with van der Waals surface area (Å²) in [6.45, 7) is 2.06. The molecule has 2 N–H and O–H groups in total. The van der Waals surface area contributed by atoms with E-state index in [0.717, 1.165) is 29.7 Å². The zero-order chi connectivity index (χ0) is 17.0. The molecule has 0 unspecified atom stereocenters. The van der Waals surface area contributed by atoms with Crippen LogP contribution in [0, 0.1) is 0 Å². The summed E-state index contributed by atoms with van der Waals surface area (Å²) in [5.41, 5.74) is 3.22. The molecule has 1 aliphatic rings. The second-order valence-corrected chi connectivity index (χ2v) is 6.57. The van der Waals surface area contributed by atoms with E-state index in [-0.39, 0.29) is 11.0 Å². The summed E-state index contributed by atoms with van der Waals surface area (Å²) in [5.74, 6) is 0. The summed E-state index contributed by atoms with van der Waals surface area (Å²) in [4.78, 5) is 19.3. The Kier molecular flexibility index (Phi) is 3.90. The van der Waals surface area contributed by atoms with Crippen LogP contribution in [0.5, 0.6) is 0 Å². The zero-order valence-electron chi connectivity index (χ0n) is 13.8. The van der Waals surface area contributed by atoms with Crippen LogP contribution in [0.4, 0.5) is 5.69 Å². The van der Waals surface area contributed by atoms with E-state index in [2.05, 4.69) is 21.2 Å². The molecule has 4 aromatic rings. The molecule has 132 valence electrons. The predicted molar refractivity (Wildman–Crippen MR) is 98.6 cm³/mol. The van der Waals surface area contributed by atoms with Gasteiger partial charge in [-0.15, -0.1) is 4.52 Å². The smallest absolute Gasteiger partial charge is 0.406 e. The maximum atomic E-state index is 13.0. The number of para-hydroxylation sites is 1. The van der Waals surface area contributed by atoms with Gasteiger partial charge in [-0.2, -0.15) is 0 Å². The fraction of sp³-hybridized carbons (Fsp3) is 0.167. The fourth-order valence-corrected chi connectivity index (χ4v) is 3.42. The largest absolute Gasteiger partial charge is 0.870 e. The maximum absolute atomic E-state index is 13.0. The topological polar surface area (TPSA) is 88.0 Å². The number of aromatic amines is 1. The van der Waals surface area contributed by atoms with Crippen LogP contribution in [0.25, 0.3) is 22.1 Å². The van der Waals surface area contributed by atoms with Crippen LogP contribution in [0.15, 0.2) is 53.5 Å². The first-order valence-electron chi connectivity index (χ1n) is 8.18. The third-order valence-electron chi connectivity index (χ3n) is 4.72. The molecule has 1 aromatic carbocycles. The molecule has 5 rings (SSSR count). The molecule has 0 atom stereocenters. The number of aromatic nitrogens is 4. The van der Waals surface area contributed by atoms with Gasteiger partial charge in [0.15, 0.2) is 11.2 Å². The summed E-state index contributed by atoms with van der Waals surface area (Å²) in [5, 5.41) is 4.69. The first-order valence-corrected chi connectivity index (χ1v) is 8.55. The minimum absolute atomic E-state index is 0. The Morgan fingerprint density at radius 1 is 1.12 bits per heavy atom. The van der Waals surface area contributed by atoms with E-state index in [4.69, 9.17) is 11.6 Å². The van der Waals surface area contributed by atoms with Crippen LogP contribution in [0.2, 0.25) is 5.15 Å². The molecule has 8 heteroatoms. The van der Waals surface area contributed by atoms with Crippen LogP contribution in [-0.2, 0) is 0 Å². The number of anilines is 1. The van der Waals surface area contributed by atoms with E-state index in [9.17, 15) is 4.79 Å². The van der Waals surface area contributed by atoms with Crippen LogP contribution < -0.4 is 15.0 Å². The minimum Gasteiger partial charge on any atom is -0.870 e. The van der Waals surface area contributed by atoms with E-state index < -0.39 is 0 Å². The van der Waals surface area contributed by atoms with Crippen LogP contribution >= 0.6 is 11.6 Å². The number of hydrogen-bond donors (Lipinski definition) is 1. The molecular formula is C18H16ClN5O2. The Hall–Kier alpha value is -2.90. The highest BCUT2D eigenvalue weighted by Crippen LogP contribution is 2.28. The molecule has 4 heterocycles. The van der Waals surface area contributed by atoms with Gasteiger partial charge in [0, 0.05) is 24.5 Å². The molecule has 3 aromatic heterocycles. The molecule has 1 saturated heterocycles. The van der Waals surface area contributed by atoms with Crippen molar-refractivity contribution in [3.05, 3.63) is 64.2 Å². The quantitative estimate of drug-likeness (QED) is 0.433. The fourth-order valence-electron chi connectivity index (χ4n) is 3.31. The van der Waals surface area contributed by atoms with Gasteiger partial charge in [0.2, 0.25) is 5.52 Å². The molecule has 0 aliphatic carbocycles. The van der Waals surface area contributed by atoms with Crippen LogP contribution in [0.1, 0.15) is 6.42 Å². The van der Waals surface area contributed by atoms with Crippen molar-refractivity contribution >= 4 is 33.7 Å². The van der Waals surface area contributed by atoms with Gasteiger partial charge in [-0.25, -0.2) is 9.78 Å². The Balaban J connectivity index is 0.00000168. The van der Waals surface area contributed by atoms with Crippen molar-refractivity contribution in [3.8, 4) is 5.69 Å². The molecule has 0 amide bonds. The summed E-state index contributed by atoms with van der Waals surface area (Å²) >= 11 is 5.85. The average Bonchev–Trinajstić information content (AvgIpc) is 2.92. The summed E-state index contributed by atoms with van der Waals surface area (Å²) in [6.07, 6.45) is 2.77. The first-order chi connectivity index (χ1) is 12.2. The summed E-state index contributed by atoms with van der Waals surface area (Å²) < 4.78 is 3.32. The second-order valence-electron chi connectivity index (χ2n) is 6.19. The lowest BCUT2D eigenvalue weighted by Gasteiger charge is -2.33. The molecule has 0 spiro atoms. The number of H-pyrrole nitrogens is 1. The lowest BCUT2D eigenvalue weighted by atomic mass is 10.1. The Labute approximate surface area is 153 Å². The van der Waals surface area contributed by atoms with E-state index >= 15 is 0 Å². The number of benzene rings is 1. The minimum atomic E-state index is -0.114. The zero-order valence-corrected chi connectivity index (χ0v) is 14.5. The van der Waals surface area contributed by atoms with Crippen molar-refractivity contribution in [2.75, 3.05) is 18.0 Å². The third-order valence-corrected chi connectivity index (χ3v) is 4.95. The van der Waals surface area contributed by atoms with Crippen LogP contribution in [0.3, 0.4) is 0 Å². The number of nitrogens with zero attached hydrogens (tertiary/aromatic N) is 4. The number of rotatable bonds is 2. The molecule has 7 nitrogen and oxygen atoms in total. The van der Waals surface area contributed by atoms with Gasteiger partial charge in [-0.05, 0) is 30.7 Å². The van der Waals surface area contributed by atoms with Crippen molar-refractivity contribution in [1.29, 1.82) is 0 Å². The van der Waals surface area contributed by atoms with Crippen molar-refractivity contribution in [2.45, 2.75) is 6.42 Å². The van der Waals surface area contributed by atoms with Crippen molar-refractivity contribution in [1.82, 2.24) is 14.9 Å². The number of fused-ring (bicyclic) bond motifs is 3. The predicted octanol–water partition coefficient (Wildman–Crippen LogP) is 2.14. The monoisotopic (exact) mass is 369 g/mol. The SMILES string of the molecule is O=c1c2cc(N3CCC3)c3ccccc3[n+]2[nH]n1-c1ccc(Cl)nc1.[OH-]. The van der Waals surface area contributed by atoms with Gasteiger partial charge in [0.1, 0.15) is 5.15 Å². The summed E-state index contributed by atoms with van der Waals surface area (Å²) in [7, 11) is 0. The lowest BCUT2D eigenvalue weighted by Crippen LogP contribution is -2.38. The van der Waals surface area contributed by atoms with Gasteiger partial charge >= 0.3 is 5.56 Å². The lowest BCUT2D eigenvalue weighted by molar-refractivity contribution is -0.555. The molecule has 0 bridgehead atoms. The van der Waals surface area contributed by atoms with Crippen molar-refractivity contribution in [2.24, 2.45) is 0 Å². The molecule has 0 saturated carbocycles. The molecule has 26 heavy (non-hydrogen) atoms. The number of hydrogen-bond acceptors (Lipinski definition) is 4. The van der Waals surface area contributed by atoms with Gasteiger partial charge < -0.3 is 10.4 Å². The normalized spacial score (nSPS) is 13.7. The highest BCUT2D eigenvalue weighted by atomic mass is 35.5. The Morgan fingerprint density at radius 2 is 1.92 bits per heavy atom. The highest BCUT2D eigenvalue weighted by Gasteiger charge is 2.25. The maximum Gasteiger partial charge on any atom is 0.406 e. The Morgan fingerprint density at radius 3 is 2.62 bits per heavy atom. The molecule has 1 aliphatic heterocycles. The van der Waals surface area contributed by atoms with Crippen molar-refractivity contribution < 1.29 is 9.99 Å². The molecule has 1 fully saturated rings. The van der Waals surface area contributed by atoms with E-state index in [1.807, 2.05) is 28.8 Å². The van der Waals surface area contributed by atoms with Gasteiger partial charge in [-0.3, -0.25) is 0 Å². The number of halogens is 1. The standard InChI is InChI=1S/C18H14ClN5O.H2O/c19-17-7-6-12(11-20-17)23-18(25)16-10-15(22-8-3-9-22)13-4-1-2-5-14(13)24(16)21-23;/h1-2,4-7,10-11H,3,8-9H2;1H2. The van der Waals surface area contributed by atoms with Crippen molar-refractivity contribution in [3.63, 3.8) is 0 Å². The van der Waals surface area contributed by atoms with E-state index in [0.29, 0.717) is 16.4 Å². The van der Waals surface area contributed by atoms with E-state index in [1.165, 1.54) is 11.1 Å². The highest BCUT2D eigenvalue weighted by molar-refractivity contribution is 6.29. The third kappa shape index (κ3) is 2.36.